The third-order valence-corrected chi connectivity index (χ3v) is 3.41. The molecule has 0 spiro atoms. The Kier molecular flexibility index (Phi) is 2.82. The molecular weight excluding hydrogens is 239 g/mol. The van der Waals surface area contributed by atoms with Gasteiger partial charge in [-0.25, -0.2) is 9.37 Å². The zero-order valence-corrected chi connectivity index (χ0v) is 11.0. The second-order valence-electron chi connectivity index (χ2n) is 4.75. The summed E-state index contributed by atoms with van der Waals surface area (Å²) in [5.41, 5.74) is 5.00. The molecule has 0 fully saturated rings. The Morgan fingerprint density at radius 2 is 2.00 bits per heavy atom. The summed E-state index contributed by atoms with van der Waals surface area (Å²) < 4.78 is 13.4. The Morgan fingerprint density at radius 3 is 2.79 bits per heavy atom. The number of aromatic amines is 1. The van der Waals surface area contributed by atoms with Gasteiger partial charge in [-0.1, -0.05) is 19.1 Å². The molecule has 0 amide bonds. The summed E-state index contributed by atoms with van der Waals surface area (Å²) in [4.78, 5) is 7.81. The fourth-order valence-electron chi connectivity index (χ4n) is 2.25. The highest BCUT2D eigenvalue weighted by Crippen LogP contribution is 2.25. The first-order valence-corrected chi connectivity index (χ1v) is 6.42. The second kappa shape index (κ2) is 4.50. The molecule has 0 unspecified atom stereocenters. The number of aromatic nitrogens is 2. The van der Waals surface area contributed by atoms with Crippen molar-refractivity contribution in [2.24, 2.45) is 0 Å². The lowest BCUT2D eigenvalue weighted by molar-refractivity contribution is 0.628. The topological polar surface area (TPSA) is 28.7 Å². The van der Waals surface area contributed by atoms with Crippen LogP contribution in [0.15, 0.2) is 36.4 Å². The van der Waals surface area contributed by atoms with Crippen LogP contribution in [0, 0.1) is 12.7 Å². The highest BCUT2D eigenvalue weighted by Gasteiger charge is 2.09. The van der Waals surface area contributed by atoms with Crippen LogP contribution in [0.25, 0.3) is 22.4 Å². The molecule has 1 N–H and O–H groups in total. The molecule has 96 valence electrons. The molecule has 0 aliphatic heterocycles. The molecule has 0 aliphatic carbocycles. The standard InChI is InChI=1S/C16H15FN2/c1-3-11-5-7-14-15(8-11)19-16(18-14)13-9-12(17)6-4-10(13)2/h4-9H,3H2,1-2H3,(H,18,19). The Balaban J connectivity index is 2.17. The minimum absolute atomic E-state index is 0.240. The molecule has 1 heterocycles. The number of fused-ring (bicyclic) bond motifs is 1. The molecule has 0 atom stereocenters. The number of nitrogens with one attached hydrogen (secondary N) is 1. The second-order valence-corrected chi connectivity index (χ2v) is 4.75. The van der Waals surface area contributed by atoms with E-state index < -0.39 is 0 Å². The first-order valence-electron chi connectivity index (χ1n) is 6.42. The van der Waals surface area contributed by atoms with Crippen molar-refractivity contribution in [2.45, 2.75) is 20.3 Å². The summed E-state index contributed by atoms with van der Waals surface area (Å²) in [7, 11) is 0. The van der Waals surface area contributed by atoms with E-state index in [9.17, 15) is 4.39 Å². The zero-order chi connectivity index (χ0) is 13.4. The van der Waals surface area contributed by atoms with E-state index in [1.54, 1.807) is 6.07 Å². The predicted octanol–water partition coefficient (Wildman–Crippen LogP) is 4.24. The van der Waals surface area contributed by atoms with Gasteiger partial charge in [-0.3, -0.25) is 0 Å². The summed E-state index contributed by atoms with van der Waals surface area (Å²) in [6.07, 6.45) is 0.989. The average molecular weight is 254 g/mol. The molecule has 3 rings (SSSR count). The molecule has 0 aliphatic rings. The number of hydrogen-bond acceptors (Lipinski definition) is 1. The number of hydrogen-bond donors (Lipinski definition) is 1. The van der Waals surface area contributed by atoms with Crippen molar-refractivity contribution in [3.63, 3.8) is 0 Å². The summed E-state index contributed by atoms with van der Waals surface area (Å²) in [6.45, 7) is 4.08. The van der Waals surface area contributed by atoms with E-state index in [1.807, 2.05) is 13.0 Å². The van der Waals surface area contributed by atoms with Gasteiger partial charge in [0.15, 0.2) is 0 Å². The fraction of sp³-hybridized carbons (Fsp3) is 0.188. The summed E-state index contributed by atoms with van der Waals surface area (Å²) in [6, 6.07) is 10.9. The van der Waals surface area contributed by atoms with Gasteiger partial charge in [0.1, 0.15) is 11.6 Å². The quantitative estimate of drug-likeness (QED) is 0.728. The maximum Gasteiger partial charge on any atom is 0.138 e. The van der Waals surface area contributed by atoms with E-state index in [4.69, 9.17) is 0 Å². The SMILES string of the molecule is CCc1ccc2nc(-c3cc(F)ccc3C)[nH]c2c1. The molecular formula is C16H15FN2. The lowest BCUT2D eigenvalue weighted by atomic mass is 10.1. The number of nitrogens with zero attached hydrogens (tertiary/aromatic N) is 1. The van der Waals surface area contributed by atoms with Gasteiger partial charge in [-0.15, -0.1) is 0 Å². The van der Waals surface area contributed by atoms with Crippen LogP contribution in [-0.4, -0.2) is 9.97 Å². The molecule has 19 heavy (non-hydrogen) atoms. The van der Waals surface area contributed by atoms with E-state index in [0.29, 0.717) is 0 Å². The van der Waals surface area contributed by atoms with Crippen molar-refractivity contribution in [3.05, 3.63) is 53.3 Å². The normalized spacial score (nSPS) is 11.1. The number of aryl methyl sites for hydroxylation is 2. The number of halogens is 1. The van der Waals surface area contributed by atoms with Crippen molar-refractivity contribution in [2.75, 3.05) is 0 Å². The summed E-state index contributed by atoms with van der Waals surface area (Å²) >= 11 is 0. The number of H-pyrrole nitrogens is 1. The molecule has 0 saturated carbocycles. The summed E-state index contributed by atoms with van der Waals surface area (Å²) in [5, 5.41) is 0. The van der Waals surface area contributed by atoms with Crippen LogP contribution < -0.4 is 0 Å². The van der Waals surface area contributed by atoms with Gasteiger partial charge in [-0.05, 0) is 48.7 Å². The summed E-state index contributed by atoms with van der Waals surface area (Å²) in [5.74, 6) is 0.482. The van der Waals surface area contributed by atoms with Crippen molar-refractivity contribution < 1.29 is 4.39 Å². The molecule has 3 heteroatoms. The Labute approximate surface area is 111 Å². The van der Waals surface area contributed by atoms with E-state index in [1.165, 1.54) is 17.7 Å². The van der Waals surface area contributed by atoms with Gasteiger partial charge in [-0.2, -0.15) is 0 Å². The minimum Gasteiger partial charge on any atom is -0.338 e. The Morgan fingerprint density at radius 1 is 1.16 bits per heavy atom. The number of rotatable bonds is 2. The molecule has 3 aromatic rings. The van der Waals surface area contributed by atoms with E-state index >= 15 is 0 Å². The first-order chi connectivity index (χ1) is 9.17. The van der Waals surface area contributed by atoms with Gasteiger partial charge in [0.2, 0.25) is 0 Å². The highest BCUT2D eigenvalue weighted by molar-refractivity contribution is 5.80. The van der Waals surface area contributed by atoms with Crippen LogP contribution in [0.5, 0.6) is 0 Å². The predicted molar refractivity (Wildman–Crippen MR) is 75.6 cm³/mol. The highest BCUT2D eigenvalue weighted by atomic mass is 19.1. The van der Waals surface area contributed by atoms with Crippen molar-refractivity contribution in [1.29, 1.82) is 0 Å². The Bertz CT molecular complexity index is 744. The molecule has 2 aromatic carbocycles. The molecule has 0 saturated heterocycles. The Hall–Kier alpha value is -2.16. The van der Waals surface area contributed by atoms with Crippen LogP contribution in [-0.2, 0) is 6.42 Å². The van der Waals surface area contributed by atoms with Crippen LogP contribution in [0.1, 0.15) is 18.1 Å². The lowest BCUT2D eigenvalue weighted by Gasteiger charge is -2.01. The van der Waals surface area contributed by atoms with Crippen LogP contribution >= 0.6 is 0 Å². The minimum atomic E-state index is -0.240. The van der Waals surface area contributed by atoms with Crippen molar-refractivity contribution in [1.82, 2.24) is 9.97 Å². The third kappa shape index (κ3) is 2.12. The van der Waals surface area contributed by atoms with Gasteiger partial charge in [0, 0.05) is 5.56 Å². The van der Waals surface area contributed by atoms with Gasteiger partial charge >= 0.3 is 0 Å². The number of imidazole rings is 1. The molecule has 2 nitrogen and oxygen atoms in total. The first kappa shape index (κ1) is 11.9. The average Bonchev–Trinajstić information content (AvgIpc) is 2.83. The third-order valence-electron chi connectivity index (χ3n) is 3.41. The molecule has 0 radical (unpaired) electrons. The zero-order valence-electron chi connectivity index (χ0n) is 11.0. The fourth-order valence-corrected chi connectivity index (χ4v) is 2.25. The van der Waals surface area contributed by atoms with Gasteiger partial charge < -0.3 is 4.98 Å². The van der Waals surface area contributed by atoms with E-state index in [2.05, 4.69) is 29.0 Å². The van der Waals surface area contributed by atoms with E-state index in [-0.39, 0.29) is 5.82 Å². The maximum absolute atomic E-state index is 13.4. The van der Waals surface area contributed by atoms with Gasteiger partial charge in [0.05, 0.1) is 11.0 Å². The van der Waals surface area contributed by atoms with Crippen LogP contribution in [0.2, 0.25) is 0 Å². The van der Waals surface area contributed by atoms with Crippen LogP contribution in [0.4, 0.5) is 4.39 Å². The monoisotopic (exact) mass is 254 g/mol. The lowest BCUT2D eigenvalue weighted by Crippen LogP contribution is -1.87. The van der Waals surface area contributed by atoms with Crippen molar-refractivity contribution in [3.8, 4) is 11.4 Å². The molecule has 0 bridgehead atoms. The largest absolute Gasteiger partial charge is 0.338 e. The van der Waals surface area contributed by atoms with Crippen molar-refractivity contribution >= 4 is 11.0 Å². The van der Waals surface area contributed by atoms with Gasteiger partial charge in [0.25, 0.3) is 0 Å². The van der Waals surface area contributed by atoms with E-state index in [0.717, 1.165) is 34.4 Å². The number of benzene rings is 2. The smallest absolute Gasteiger partial charge is 0.138 e. The molecule has 1 aromatic heterocycles. The van der Waals surface area contributed by atoms with Crippen LogP contribution in [0.3, 0.4) is 0 Å². The maximum atomic E-state index is 13.4.